The molecule has 1 nitrogen and oxygen atoms in total. The lowest BCUT2D eigenvalue weighted by atomic mass is 9.70. The van der Waals surface area contributed by atoms with E-state index >= 15 is 0 Å². The van der Waals surface area contributed by atoms with Crippen molar-refractivity contribution in [2.45, 2.75) is 59.0 Å². The topological polar surface area (TPSA) is 12.0 Å². The van der Waals surface area contributed by atoms with E-state index in [1.54, 1.807) is 12.1 Å². The van der Waals surface area contributed by atoms with E-state index in [4.69, 9.17) is 0 Å². The first kappa shape index (κ1) is 14.5. The van der Waals surface area contributed by atoms with Crippen LogP contribution in [0, 0.1) is 17.2 Å². The molecule has 19 heavy (non-hydrogen) atoms. The first-order chi connectivity index (χ1) is 8.85. The van der Waals surface area contributed by atoms with Gasteiger partial charge in [-0.15, -0.1) is 0 Å². The molecule has 0 heterocycles. The SMILES string of the molecule is CC1CC(N[C@@H](C)c2cccc(F)c2)CC(C)(C)C1. The summed E-state index contributed by atoms with van der Waals surface area (Å²) in [7, 11) is 0. The van der Waals surface area contributed by atoms with Gasteiger partial charge in [0.2, 0.25) is 0 Å². The monoisotopic (exact) mass is 263 g/mol. The van der Waals surface area contributed by atoms with Crippen LogP contribution in [0.25, 0.3) is 0 Å². The molecule has 0 radical (unpaired) electrons. The Kier molecular flexibility index (Phi) is 4.29. The summed E-state index contributed by atoms with van der Waals surface area (Å²) >= 11 is 0. The van der Waals surface area contributed by atoms with E-state index in [0.29, 0.717) is 11.5 Å². The van der Waals surface area contributed by atoms with Gasteiger partial charge in [-0.3, -0.25) is 0 Å². The fraction of sp³-hybridized carbons (Fsp3) is 0.647. The summed E-state index contributed by atoms with van der Waals surface area (Å²) in [6.45, 7) is 9.16. The van der Waals surface area contributed by atoms with E-state index in [1.807, 2.05) is 6.07 Å². The van der Waals surface area contributed by atoms with Gasteiger partial charge in [0.05, 0.1) is 0 Å². The molecule has 3 atom stereocenters. The van der Waals surface area contributed by atoms with Crippen molar-refractivity contribution in [2.24, 2.45) is 11.3 Å². The molecule has 106 valence electrons. The van der Waals surface area contributed by atoms with Gasteiger partial charge in [-0.25, -0.2) is 4.39 Å². The Labute approximate surface area is 116 Å². The molecule has 0 amide bonds. The van der Waals surface area contributed by atoms with Crippen molar-refractivity contribution >= 4 is 0 Å². The van der Waals surface area contributed by atoms with Gasteiger partial charge >= 0.3 is 0 Å². The van der Waals surface area contributed by atoms with Crippen LogP contribution in [0.15, 0.2) is 24.3 Å². The second-order valence-electron chi connectivity index (χ2n) is 7.05. The molecular formula is C17H26FN. The molecule has 0 aromatic heterocycles. The highest BCUT2D eigenvalue weighted by atomic mass is 19.1. The minimum atomic E-state index is -0.150. The summed E-state index contributed by atoms with van der Waals surface area (Å²) in [6, 6.07) is 7.67. The zero-order valence-electron chi connectivity index (χ0n) is 12.5. The lowest BCUT2D eigenvalue weighted by molar-refractivity contribution is 0.145. The first-order valence-electron chi connectivity index (χ1n) is 7.37. The molecule has 1 saturated carbocycles. The summed E-state index contributed by atoms with van der Waals surface area (Å²) < 4.78 is 13.3. The van der Waals surface area contributed by atoms with Crippen molar-refractivity contribution in [3.8, 4) is 0 Å². The molecule has 0 aliphatic heterocycles. The number of benzene rings is 1. The Bertz CT molecular complexity index is 427. The largest absolute Gasteiger partial charge is 0.307 e. The fourth-order valence-electron chi connectivity index (χ4n) is 3.70. The van der Waals surface area contributed by atoms with Crippen LogP contribution in [0.3, 0.4) is 0 Å². The third-order valence-electron chi connectivity index (χ3n) is 4.22. The van der Waals surface area contributed by atoms with Gasteiger partial charge in [-0.2, -0.15) is 0 Å². The number of halogens is 1. The lowest BCUT2D eigenvalue weighted by Gasteiger charge is -2.40. The normalized spacial score (nSPS) is 28.1. The molecule has 0 saturated heterocycles. The molecule has 2 heteroatoms. The Morgan fingerprint density at radius 2 is 2.05 bits per heavy atom. The van der Waals surface area contributed by atoms with E-state index < -0.39 is 0 Å². The molecule has 1 fully saturated rings. The Hall–Kier alpha value is -0.890. The fourth-order valence-corrected chi connectivity index (χ4v) is 3.70. The summed E-state index contributed by atoms with van der Waals surface area (Å²) in [5.74, 6) is 0.615. The third-order valence-corrected chi connectivity index (χ3v) is 4.22. The molecule has 1 aromatic rings. The van der Waals surface area contributed by atoms with Gasteiger partial charge in [0, 0.05) is 12.1 Å². The van der Waals surface area contributed by atoms with E-state index in [1.165, 1.54) is 25.3 Å². The summed E-state index contributed by atoms with van der Waals surface area (Å²) in [6.07, 6.45) is 3.74. The first-order valence-corrected chi connectivity index (χ1v) is 7.37. The maximum Gasteiger partial charge on any atom is 0.123 e. The third kappa shape index (κ3) is 4.04. The zero-order chi connectivity index (χ0) is 14.0. The summed E-state index contributed by atoms with van der Waals surface area (Å²) in [4.78, 5) is 0. The number of rotatable bonds is 3. The van der Waals surface area contributed by atoms with Crippen LogP contribution in [0.1, 0.15) is 58.6 Å². The molecule has 0 spiro atoms. The molecule has 0 bridgehead atoms. The van der Waals surface area contributed by atoms with E-state index in [9.17, 15) is 4.39 Å². The molecular weight excluding hydrogens is 237 g/mol. The van der Waals surface area contributed by atoms with Crippen LogP contribution in [-0.2, 0) is 0 Å². The van der Waals surface area contributed by atoms with Gasteiger partial charge in [-0.1, -0.05) is 32.9 Å². The van der Waals surface area contributed by atoms with Crippen LogP contribution in [0.2, 0.25) is 0 Å². The van der Waals surface area contributed by atoms with Crippen LogP contribution >= 0.6 is 0 Å². The van der Waals surface area contributed by atoms with Crippen molar-refractivity contribution in [1.29, 1.82) is 0 Å². The van der Waals surface area contributed by atoms with Crippen LogP contribution < -0.4 is 5.32 Å². The molecule has 1 aliphatic rings. The van der Waals surface area contributed by atoms with Crippen molar-refractivity contribution in [3.05, 3.63) is 35.6 Å². The Balaban J connectivity index is 2.00. The van der Waals surface area contributed by atoms with Crippen LogP contribution in [0.4, 0.5) is 4.39 Å². The quantitative estimate of drug-likeness (QED) is 0.834. The number of hydrogen-bond donors (Lipinski definition) is 1. The second-order valence-corrected chi connectivity index (χ2v) is 7.05. The lowest BCUT2D eigenvalue weighted by Crippen LogP contribution is -2.41. The Morgan fingerprint density at radius 1 is 1.32 bits per heavy atom. The molecule has 1 aliphatic carbocycles. The van der Waals surface area contributed by atoms with Gasteiger partial charge in [0.15, 0.2) is 0 Å². The highest BCUT2D eigenvalue weighted by Gasteiger charge is 2.32. The molecule has 1 aromatic carbocycles. The highest BCUT2D eigenvalue weighted by molar-refractivity contribution is 5.19. The average Bonchev–Trinajstić information content (AvgIpc) is 2.25. The van der Waals surface area contributed by atoms with E-state index in [-0.39, 0.29) is 11.9 Å². The molecule has 1 N–H and O–H groups in total. The maximum absolute atomic E-state index is 13.3. The zero-order valence-corrected chi connectivity index (χ0v) is 12.5. The van der Waals surface area contributed by atoms with E-state index in [0.717, 1.165) is 11.5 Å². The number of nitrogens with one attached hydrogen (secondary N) is 1. The predicted molar refractivity (Wildman–Crippen MR) is 78.5 cm³/mol. The van der Waals surface area contributed by atoms with Crippen LogP contribution in [0.5, 0.6) is 0 Å². The van der Waals surface area contributed by atoms with Crippen molar-refractivity contribution in [3.63, 3.8) is 0 Å². The second kappa shape index (κ2) is 5.62. The van der Waals surface area contributed by atoms with Crippen molar-refractivity contribution < 1.29 is 4.39 Å². The van der Waals surface area contributed by atoms with Gasteiger partial charge < -0.3 is 5.32 Å². The van der Waals surface area contributed by atoms with Crippen molar-refractivity contribution in [1.82, 2.24) is 5.32 Å². The molecule has 2 unspecified atom stereocenters. The summed E-state index contributed by atoms with van der Waals surface area (Å²) in [5.41, 5.74) is 1.45. The van der Waals surface area contributed by atoms with Gasteiger partial charge in [-0.05, 0) is 55.2 Å². The van der Waals surface area contributed by atoms with Gasteiger partial charge in [0.1, 0.15) is 5.82 Å². The average molecular weight is 263 g/mol. The highest BCUT2D eigenvalue weighted by Crippen LogP contribution is 2.39. The minimum Gasteiger partial charge on any atom is -0.307 e. The molecule has 2 rings (SSSR count). The van der Waals surface area contributed by atoms with Crippen LogP contribution in [-0.4, -0.2) is 6.04 Å². The van der Waals surface area contributed by atoms with Crippen molar-refractivity contribution in [2.75, 3.05) is 0 Å². The Morgan fingerprint density at radius 3 is 2.68 bits per heavy atom. The van der Waals surface area contributed by atoms with E-state index in [2.05, 4.69) is 33.0 Å². The summed E-state index contributed by atoms with van der Waals surface area (Å²) in [5, 5.41) is 3.68. The smallest absolute Gasteiger partial charge is 0.123 e. The standard InChI is InChI=1S/C17H26FN/c1-12-8-16(11-17(3,4)10-12)19-13(2)14-6-5-7-15(18)9-14/h5-7,9,12-13,16,19H,8,10-11H2,1-4H3/t12?,13-,16?/m0/s1. The van der Waals surface area contributed by atoms with Gasteiger partial charge in [0.25, 0.3) is 0 Å². The predicted octanol–water partition coefficient (Wildman–Crippen LogP) is 4.69. The maximum atomic E-state index is 13.3. The minimum absolute atomic E-state index is 0.150. The number of hydrogen-bond acceptors (Lipinski definition) is 1.